The van der Waals surface area contributed by atoms with Crippen LogP contribution >= 0.6 is 40.1 Å². The summed E-state index contributed by atoms with van der Waals surface area (Å²) < 4.78 is 85.0. The van der Waals surface area contributed by atoms with Crippen LogP contribution in [-0.2, 0) is 90.2 Å². The molecule has 44 nitrogen and oxygen atoms in total. The number of carbonyl (C=O) groups excluding carboxylic acids is 10. The maximum atomic E-state index is 16.6. The number of aliphatic carboxylic acids is 1. The summed E-state index contributed by atoms with van der Waals surface area (Å²) in [6.45, 7) is 9.50. The van der Waals surface area contributed by atoms with Crippen molar-refractivity contribution in [2.24, 2.45) is 22.8 Å². The zero-order valence-electron chi connectivity index (χ0n) is 70.8. The number of esters is 1. The van der Waals surface area contributed by atoms with E-state index in [1.807, 2.05) is 0 Å². The monoisotopic (exact) mass is 1900 g/mol. The van der Waals surface area contributed by atoms with E-state index in [9.17, 15) is 89.0 Å². The number of fused-ring (bicyclic) bond motifs is 15. The highest BCUT2D eigenvalue weighted by Crippen LogP contribution is 2.51. The lowest BCUT2D eigenvalue weighted by Crippen LogP contribution is -2.64. The van der Waals surface area contributed by atoms with Gasteiger partial charge in [-0.25, -0.2) is 9.59 Å². The predicted octanol–water partition coefficient (Wildman–Crippen LogP) is 2.01. The Kier molecular flexibility index (Phi) is 31.7. The Morgan fingerprint density at radius 1 is 0.685 bits per heavy atom. The van der Waals surface area contributed by atoms with Crippen LogP contribution in [0.25, 0.3) is 11.1 Å². The minimum atomic E-state index is -2.47. The highest BCUT2D eigenvalue weighted by molar-refractivity contribution is 7.44. The first-order chi connectivity index (χ1) is 61.2. The lowest BCUT2D eigenvalue weighted by molar-refractivity contribution is -0.333. The number of hydrogen-bond donors (Lipinski definition) is 21. The summed E-state index contributed by atoms with van der Waals surface area (Å²) in [5.41, 5.74) is 2.60. The zero-order valence-corrected chi connectivity index (χ0v) is 74.1. The number of ether oxygens (including phenoxy) is 10. The van der Waals surface area contributed by atoms with Crippen molar-refractivity contribution in [1.82, 2.24) is 47.9 Å². The molecule has 5 aromatic rings. The summed E-state index contributed by atoms with van der Waals surface area (Å²) in [6.07, 6.45) is -27.1. The van der Waals surface area contributed by atoms with Crippen molar-refractivity contribution in [2.45, 2.75) is 226 Å². The molecule has 0 radical (unpaired) electrons. The molecule has 0 unspecified atom stereocenters. The molecule has 48 heteroatoms. The van der Waals surface area contributed by atoms with Gasteiger partial charge in [-0.05, 0) is 138 Å². The van der Waals surface area contributed by atoms with Gasteiger partial charge >= 0.3 is 18.0 Å². The molecule has 8 heterocycles. The normalized spacial score (nSPS) is 29.3. The molecule has 704 valence electrons. The molecule has 22 atom stereocenters. The number of carboxylic acid groups (broad SMARTS) is 1. The number of phenols is 3. The minimum absolute atomic E-state index is 0.147. The number of rotatable bonds is 24. The number of aliphatic hydroxyl groups excluding tert-OH is 6. The van der Waals surface area contributed by atoms with Crippen LogP contribution in [0.1, 0.15) is 146 Å². The number of phenolic OH excluding ortho intramolecular Hbond substituents is 3. The van der Waals surface area contributed by atoms with E-state index in [0.29, 0.717) is 0 Å². The highest BCUT2D eigenvalue weighted by atomic mass is 35.5. The number of nitrogens with two attached hydrogens (primary N) is 2. The van der Waals surface area contributed by atoms with E-state index in [4.69, 9.17) is 82.0 Å². The Morgan fingerprint density at radius 2 is 1.28 bits per heavy atom. The second kappa shape index (κ2) is 41.3. The Bertz CT molecular complexity index is 5190. The van der Waals surface area contributed by atoms with E-state index in [2.05, 4.69) is 47.9 Å². The Balaban J connectivity index is 1.13. The van der Waals surface area contributed by atoms with Gasteiger partial charge in [0, 0.05) is 47.6 Å². The number of aromatic hydroxyl groups is 3. The number of carbonyl (C=O) groups is 11. The first-order valence-corrected chi connectivity index (χ1v) is 43.0. The topological polar surface area (TPSA) is 677 Å². The molecule has 23 N–H and O–H groups in total. The number of nitrogens with one attached hydrogen (secondary N) is 9. The van der Waals surface area contributed by atoms with Gasteiger partial charge in [0.2, 0.25) is 66.1 Å². The third kappa shape index (κ3) is 22.6. The molecule has 9 amide bonds. The van der Waals surface area contributed by atoms with Crippen LogP contribution in [0.2, 0.25) is 10.0 Å². The fraction of sp³-hybridized carbons (Fsp3) is 0.500. The van der Waals surface area contributed by atoms with Gasteiger partial charge < -0.3 is 158 Å². The van der Waals surface area contributed by atoms with Crippen molar-refractivity contribution in [3.05, 3.63) is 117 Å². The number of hydrogen-bond acceptors (Lipinski definition) is 34. The maximum absolute atomic E-state index is 16.6. The minimum Gasteiger partial charge on any atom is -0.508 e. The standard InChI is InChI=1S/C82H99Cl2N11O33P2/c1-30(2)16-42(87-9)69(107)93-59-61(102)34-11-14-46(40(83)18-34)123-48-20-36-21-49(65(48)128-76-66(63(104)62(103)50(28-96)125-76)127-53-26-81(7,86)67(105)31(3)121-53)124-47-15-12-35(19-41(47)84)64(126-54-27-82(8,68(106)32(4)122-54)95-78(116)120-29-119-77(115)80(5,6)25-52(101)89-79(129-117)130-118)60-74(112)92-58(75(113)114)39-22-37(97)23-45(99)55(39)38-17-33(10-13-44(38)98)56(71(109)94-60)91-72(110)57(36)90-70(108)43(24-51(85)100)88-73(59)111/h10-15,17-23,30-32,42-43,50,53-54,56-64,66-68,76,79,87,96-99,102-106H,16,24-29,86H2,1-9H3,(H2,85,100)(H,88,111)(H,89,101)(H,90,108)(H,91,110)(H,92,112)(H,93,107)(H,94,109)(H,95,116)(H,113,114)/t31-,32-,42+,43-,50+,53-,54-,56+,57+,58-,59+,60-,61+,62+,63-,64+,66+,67-,68-,76-,81-,82-/m0/s1. The average molecular weight is 1900 g/mol. The molecule has 0 spiro atoms. The van der Waals surface area contributed by atoms with Crippen LogP contribution < -0.4 is 73.5 Å². The van der Waals surface area contributed by atoms with Crippen molar-refractivity contribution in [3.8, 4) is 57.1 Å². The number of halogens is 2. The van der Waals surface area contributed by atoms with Gasteiger partial charge in [-0.15, -0.1) is 0 Å². The molecule has 0 saturated carbocycles. The molecule has 130 heavy (non-hydrogen) atoms. The van der Waals surface area contributed by atoms with Gasteiger partial charge in [0.15, 0.2) is 58.7 Å². The fourth-order valence-electron chi connectivity index (χ4n) is 15.7. The van der Waals surface area contributed by atoms with Crippen molar-refractivity contribution in [1.29, 1.82) is 0 Å². The predicted molar refractivity (Wildman–Crippen MR) is 448 cm³/mol. The van der Waals surface area contributed by atoms with E-state index in [0.717, 1.165) is 72.8 Å². The number of aliphatic hydroxyl groups is 6. The van der Waals surface area contributed by atoms with Gasteiger partial charge in [-0.3, -0.25) is 52.3 Å². The summed E-state index contributed by atoms with van der Waals surface area (Å²) in [7, 11) is 0.0532. The van der Waals surface area contributed by atoms with Crippen LogP contribution in [-0.4, -0.2) is 245 Å². The SMILES string of the molecule is CN[C@H](CC(C)C)C(=O)N[C@H]1C(=O)N[C@@H](CC(N)=O)C(=O)N[C@H]2C(=O)N[C@H]3C(=O)N[C@H](C(=O)N[C@H](C(=O)O)c4cc(O)cc(O)c4-c4cc3ccc4O)[C@H](O[C@H]3C[C@](C)(NC(=O)OCOC(=O)C(C)(C)CC(=O)NC(P=O)P=O)[C@@H](O)[C@H](C)O3)c3ccc(c(Cl)c3)Oc3cc2cc(c3O[C@@H]2O[C@H](CO)[C@@H](O)[C@H](O)[C@H]2O[C@H]2C[C@](C)(N)[C@@H](O)[C@H](C)O2)Oc2ccc(cc2Cl)[C@H]1O. The first-order valence-electron chi connectivity index (χ1n) is 40.5. The van der Waals surface area contributed by atoms with Gasteiger partial charge in [-0.1, -0.05) is 55.2 Å². The molecule has 0 aliphatic carbocycles. The lowest BCUT2D eigenvalue weighted by Gasteiger charge is -2.47. The largest absolute Gasteiger partial charge is 0.508 e. The Labute approximate surface area is 753 Å². The van der Waals surface area contributed by atoms with E-state index < -0.39 is 343 Å². The molecule has 3 fully saturated rings. The lowest BCUT2D eigenvalue weighted by atomic mass is 9.85. The molecule has 0 aromatic heterocycles. The highest BCUT2D eigenvalue weighted by Gasteiger charge is 2.54. The summed E-state index contributed by atoms with van der Waals surface area (Å²) in [5, 5.41) is 138. The summed E-state index contributed by atoms with van der Waals surface area (Å²) in [4.78, 5) is 161. The van der Waals surface area contributed by atoms with Gasteiger partial charge in [0.25, 0.3) is 0 Å². The Morgan fingerprint density at radius 3 is 1.88 bits per heavy atom. The van der Waals surface area contributed by atoms with Crippen LogP contribution in [0.15, 0.2) is 78.9 Å². The second-order valence-corrected chi connectivity index (χ2v) is 36.2. The summed E-state index contributed by atoms with van der Waals surface area (Å²) in [6, 6.07) is -1.94. The quantitative estimate of drug-likeness (QED) is 0.0239. The Hall–Kier alpha value is -10.9. The molecule has 11 bridgehead atoms. The number of likely N-dealkylation sites (N-methyl/N-ethyl adjacent to an activating group) is 1. The van der Waals surface area contributed by atoms with E-state index >= 15 is 24.0 Å². The second-order valence-electron chi connectivity index (χ2n) is 33.5. The third-order valence-electron chi connectivity index (χ3n) is 22.5. The van der Waals surface area contributed by atoms with Crippen LogP contribution in [0.3, 0.4) is 0 Å². The average Bonchev–Trinajstić information content (AvgIpc) is 0.759. The first kappa shape index (κ1) is 99.7. The van der Waals surface area contributed by atoms with Crippen molar-refractivity contribution in [2.75, 3.05) is 20.4 Å². The maximum Gasteiger partial charge on any atom is 0.410 e. The molecule has 3 saturated heterocycles. The molecule has 8 aliphatic rings. The summed E-state index contributed by atoms with van der Waals surface area (Å²) >= 11 is 14.6. The smallest absolute Gasteiger partial charge is 0.410 e. The van der Waals surface area contributed by atoms with Crippen molar-refractivity contribution >= 4 is 105 Å². The van der Waals surface area contributed by atoms with Gasteiger partial charge in [0.1, 0.15) is 95.6 Å². The van der Waals surface area contributed by atoms with Gasteiger partial charge in [-0.2, -0.15) is 0 Å². The van der Waals surface area contributed by atoms with Gasteiger partial charge in [0.05, 0.1) is 58.4 Å². The van der Waals surface area contributed by atoms with E-state index in [1.54, 1.807) is 13.8 Å². The number of amides is 9. The molecule has 8 aliphatic heterocycles. The number of alkyl carbamates (subject to hydrolysis) is 1. The van der Waals surface area contributed by atoms with Crippen LogP contribution in [0.5, 0.6) is 46.0 Å². The fourth-order valence-corrected chi connectivity index (χ4v) is 16.7. The molecular weight excluding hydrogens is 1800 g/mol. The van der Waals surface area contributed by atoms with E-state index in [1.165, 1.54) is 54.7 Å². The molecular formula is C82H99Cl2N11O33P2. The number of carboxylic acids is 1. The third-order valence-corrected chi connectivity index (χ3v) is 24.3. The number of benzene rings is 5. The van der Waals surface area contributed by atoms with Crippen molar-refractivity contribution < 1.29 is 160 Å². The molecule has 5 aromatic carbocycles. The number of primary amides is 1. The summed E-state index contributed by atoms with van der Waals surface area (Å²) in [5.74, 6) is -19.3. The van der Waals surface area contributed by atoms with Crippen LogP contribution in [0.4, 0.5) is 4.79 Å². The van der Waals surface area contributed by atoms with E-state index in [-0.39, 0.29) is 29.9 Å². The molecule has 13 rings (SSSR count). The zero-order chi connectivity index (χ0) is 95.4. The van der Waals surface area contributed by atoms with Crippen molar-refractivity contribution in [3.63, 3.8) is 0 Å². The van der Waals surface area contributed by atoms with Crippen LogP contribution in [0, 0.1) is 11.3 Å².